The maximum atomic E-state index is 12.1. The lowest BCUT2D eigenvalue weighted by molar-refractivity contribution is -0.119. The quantitative estimate of drug-likeness (QED) is 0.171. The predicted octanol–water partition coefficient (Wildman–Crippen LogP) is 7.42. The van der Waals surface area contributed by atoms with E-state index in [2.05, 4.69) is 96.0 Å². The van der Waals surface area contributed by atoms with Gasteiger partial charge in [0, 0.05) is 75.5 Å². The Balaban J connectivity index is 0.00000103. The summed E-state index contributed by atoms with van der Waals surface area (Å²) in [4.78, 5) is 17.0. The number of benzene rings is 3. The molecule has 0 aliphatic carbocycles. The first-order valence-corrected chi connectivity index (χ1v) is 17.8. The smallest absolute Gasteiger partial charge is 0.250 e. The van der Waals surface area contributed by atoms with E-state index in [-0.39, 0.29) is 12.5 Å². The van der Waals surface area contributed by atoms with Crippen LogP contribution in [0.25, 0.3) is 22.2 Å². The van der Waals surface area contributed by atoms with Crippen LogP contribution in [0.5, 0.6) is 5.75 Å². The predicted molar refractivity (Wildman–Crippen MR) is 202 cm³/mol. The highest BCUT2D eigenvalue weighted by atomic mass is 16.5. The van der Waals surface area contributed by atoms with Crippen molar-refractivity contribution in [1.82, 2.24) is 4.57 Å². The van der Waals surface area contributed by atoms with E-state index in [0.29, 0.717) is 6.61 Å². The second kappa shape index (κ2) is 19.2. The highest BCUT2D eigenvalue weighted by Gasteiger charge is 2.20. The third-order valence-electron chi connectivity index (χ3n) is 8.77. The minimum absolute atomic E-state index is 0.0321. The minimum Gasteiger partial charge on any atom is -0.489 e. The van der Waals surface area contributed by atoms with Crippen molar-refractivity contribution < 1.29 is 24.1 Å². The van der Waals surface area contributed by atoms with Crippen molar-refractivity contribution in [3.63, 3.8) is 0 Å². The number of nitrogens with one attached hydrogen (secondary N) is 1. The number of rotatable bonds is 11. The van der Waals surface area contributed by atoms with E-state index in [1.807, 2.05) is 12.1 Å². The Morgan fingerprint density at radius 3 is 2.24 bits per heavy atom. The van der Waals surface area contributed by atoms with Gasteiger partial charge < -0.3 is 39.0 Å². The molecule has 3 aromatic carbocycles. The molecule has 0 atom stereocenters. The Kier molecular flexibility index (Phi) is 14.8. The zero-order chi connectivity index (χ0) is 35.2. The number of ether oxygens (including phenoxy) is 3. The van der Waals surface area contributed by atoms with Gasteiger partial charge in [-0.3, -0.25) is 4.79 Å². The number of aliphatic hydroxyl groups excluding tert-OH is 1. The van der Waals surface area contributed by atoms with Crippen molar-refractivity contribution in [3.8, 4) is 17.0 Å². The molecule has 0 radical (unpaired) electrons. The fraction of sp³-hybridized carbons (Fsp3) is 0.475. The van der Waals surface area contributed by atoms with Crippen LogP contribution in [0.4, 0.5) is 17.1 Å². The van der Waals surface area contributed by atoms with E-state index < -0.39 is 0 Å². The van der Waals surface area contributed by atoms with Gasteiger partial charge in [-0.2, -0.15) is 0 Å². The molecule has 2 saturated heterocycles. The Labute approximate surface area is 292 Å². The van der Waals surface area contributed by atoms with Crippen molar-refractivity contribution in [1.29, 1.82) is 0 Å². The largest absolute Gasteiger partial charge is 0.489 e. The second-order valence-electron chi connectivity index (χ2n) is 12.5. The molecular formula is C40H56N4O5. The minimum atomic E-state index is -0.162. The molecule has 2 fully saturated rings. The molecule has 2 N–H and O–H groups in total. The van der Waals surface area contributed by atoms with Crippen molar-refractivity contribution >= 4 is 33.9 Å². The van der Waals surface area contributed by atoms with Crippen LogP contribution in [-0.2, 0) is 34.3 Å². The summed E-state index contributed by atoms with van der Waals surface area (Å²) < 4.78 is 19.3. The molecule has 3 heterocycles. The standard InChI is InChI=1S/C36H44N4O4.C3H8.CH4O/c1-4-7-32-31-14-10-28(37-35(41)25-42-3)23-34(31)38(2)36(32)26-8-12-30(13-9-26)44-24-27-22-29(39-16-5-6-17-39)11-15-33(27)40-18-20-43-21-19-40;1-3-2;1-2/h8-15,22-23H,4-7,16-21,24-25H2,1-3H3,(H,37,41);3H2,1-2H3;2H,1H3. The van der Waals surface area contributed by atoms with Gasteiger partial charge in [0.15, 0.2) is 0 Å². The van der Waals surface area contributed by atoms with Gasteiger partial charge in [0.1, 0.15) is 19.0 Å². The van der Waals surface area contributed by atoms with Crippen molar-refractivity contribution in [2.75, 3.05) is 75.3 Å². The van der Waals surface area contributed by atoms with Gasteiger partial charge in [-0.25, -0.2) is 0 Å². The number of amides is 1. The number of methoxy groups -OCH3 is 1. The van der Waals surface area contributed by atoms with E-state index in [4.69, 9.17) is 19.3 Å². The topological polar surface area (TPSA) is 88.4 Å². The lowest BCUT2D eigenvalue weighted by Crippen LogP contribution is -2.37. The van der Waals surface area contributed by atoms with Gasteiger partial charge in [0.05, 0.1) is 24.4 Å². The van der Waals surface area contributed by atoms with Crippen LogP contribution in [0.15, 0.2) is 60.7 Å². The Morgan fingerprint density at radius 2 is 1.59 bits per heavy atom. The molecule has 49 heavy (non-hydrogen) atoms. The van der Waals surface area contributed by atoms with Crippen LogP contribution in [0, 0.1) is 0 Å². The summed E-state index contributed by atoms with van der Waals surface area (Å²) >= 11 is 0. The summed E-state index contributed by atoms with van der Waals surface area (Å²) in [7, 11) is 4.62. The van der Waals surface area contributed by atoms with Crippen LogP contribution in [0.2, 0.25) is 0 Å². The number of aryl methyl sites for hydroxylation is 2. The molecule has 2 aliphatic rings. The SMILES string of the molecule is CCC.CCCc1c(-c2ccc(OCc3cc(N4CCCC4)ccc3N3CCOCC3)cc2)n(C)c2cc(NC(=O)COC)ccc12.CO. The average Bonchev–Trinajstić information content (AvgIpc) is 3.76. The number of aromatic nitrogens is 1. The molecule has 0 spiro atoms. The Morgan fingerprint density at radius 1 is 0.898 bits per heavy atom. The number of hydrogen-bond acceptors (Lipinski definition) is 7. The number of morpholine rings is 1. The van der Waals surface area contributed by atoms with E-state index >= 15 is 0 Å². The first-order valence-electron chi connectivity index (χ1n) is 17.8. The highest BCUT2D eigenvalue weighted by Crippen LogP contribution is 2.36. The zero-order valence-electron chi connectivity index (χ0n) is 30.4. The number of carbonyl (C=O) groups excluding carboxylic acids is 1. The monoisotopic (exact) mass is 672 g/mol. The number of fused-ring (bicyclic) bond motifs is 1. The molecule has 1 amide bonds. The van der Waals surface area contributed by atoms with Gasteiger partial charge >= 0.3 is 0 Å². The molecule has 9 nitrogen and oxygen atoms in total. The van der Waals surface area contributed by atoms with E-state index in [0.717, 1.165) is 81.9 Å². The third kappa shape index (κ3) is 9.56. The summed E-state index contributed by atoms with van der Waals surface area (Å²) in [6, 6.07) is 21.5. The molecule has 2 aliphatic heterocycles. The Hall–Kier alpha value is -4.05. The number of anilines is 3. The molecular weight excluding hydrogens is 616 g/mol. The zero-order valence-corrected chi connectivity index (χ0v) is 30.4. The van der Waals surface area contributed by atoms with Crippen LogP contribution in [0.1, 0.15) is 57.6 Å². The summed E-state index contributed by atoms with van der Waals surface area (Å²) in [5.41, 5.74) is 9.27. The molecule has 266 valence electrons. The van der Waals surface area contributed by atoms with Crippen molar-refractivity contribution in [2.24, 2.45) is 7.05 Å². The molecule has 9 heteroatoms. The van der Waals surface area contributed by atoms with Crippen LogP contribution < -0.4 is 19.9 Å². The first-order chi connectivity index (χ1) is 24.0. The number of nitrogens with zero attached hydrogens (tertiary/aromatic N) is 3. The van der Waals surface area contributed by atoms with Crippen LogP contribution in [-0.4, -0.2) is 75.8 Å². The first kappa shape index (κ1) is 37.8. The van der Waals surface area contributed by atoms with Gasteiger partial charge in [0.2, 0.25) is 5.91 Å². The van der Waals surface area contributed by atoms with Gasteiger partial charge in [-0.1, -0.05) is 39.7 Å². The van der Waals surface area contributed by atoms with Crippen molar-refractivity contribution in [2.45, 2.75) is 59.5 Å². The maximum absolute atomic E-state index is 12.1. The van der Waals surface area contributed by atoms with E-state index in [1.54, 1.807) is 0 Å². The normalized spacial score (nSPS) is 14.2. The summed E-state index contributed by atoms with van der Waals surface area (Å²) in [5.74, 6) is 0.692. The van der Waals surface area contributed by atoms with Crippen LogP contribution >= 0.6 is 0 Å². The van der Waals surface area contributed by atoms with Crippen molar-refractivity contribution in [3.05, 3.63) is 71.8 Å². The molecule has 0 unspecified atom stereocenters. The Bertz CT molecular complexity index is 1610. The number of hydrogen-bond donors (Lipinski definition) is 2. The molecule has 4 aromatic rings. The van der Waals surface area contributed by atoms with Crippen LogP contribution in [0.3, 0.4) is 0 Å². The number of aliphatic hydroxyl groups is 1. The lowest BCUT2D eigenvalue weighted by Gasteiger charge is -2.31. The molecule has 0 saturated carbocycles. The fourth-order valence-electron chi connectivity index (χ4n) is 6.63. The third-order valence-corrected chi connectivity index (χ3v) is 8.77. The van der Waals surface area contributed by atoms with Gasteiger partial charge in [-0.05, 0) is 85.0 Å². The lowest BCUT2D eigenvalue weighted by atomic mass is 10.0. The summed E-state index contributed by atoms with van der Waals surface area (Å²) in [6.07, 6.45) is 5.78. The summed E-state index contributed by atoms with van der Waals surface area (Å²) in [6.45, 7) is 12.6. The van der Waals surface area contributed by atoms with Gasteiger partial charge in [-0.15, -0.1) is 0 Å². The van der Waals surface area contributed by atoms with E-state index in [9.17, 15) is 4.79 Å². The maximum Gasteiger partial charge on any atom is 0.250 e. The second-order valence-corrected chi connectivity index (χ2v) is 12.5. The fourth-order valence-corrected chi connectivity index (χ4v) is 6.63. The molecule has 1 aromatic heterocycles. The highest BCUT2D eigenvalue weighted by molar-refractivity contribution is 5.97. The van der Waals surface area contributed by atoms with E-state index in [1.165, 1.54) is 60.0 Å². The van der Waals surface area contributed by atoms with Gasteiger partial charge in [0.25, 0.3) is 0 Å². The molecule has 6 rings (SSSR count). The summed E-state index contributed by atoms with van der Waals surface area (Å²) in [5, 5.41) is 11.1. The average molecular weight is 673 g/mol. The molecule has 0 bridgehead atoms. The number of carbonyl (C=O) groups is 1.